The Morgan fingerprint density at radius 3 is 2.80 bits per heavy atom. The lowest BCUT2D eigenvalue weighted by atomic mass is 10.1. The molecule has 1 aromatic heterocycles. The molecule has 3 aromatic rings. The third-order valence-corrected chi connectivity index (χ3v) is 4.57. The summed E-state index contributed by atoms with van der Waals surface area (Å²) in [7, 11) is 0. The molecule has 1 atom stereocenters. The van der Waals surface area contributed by atoms with Gasteiger partial charge < -0.3 is 14.6 Å². The number of fused-ring (bicyclic) bond motifs is 1. The molecule has 0 radical (unpaired) electrons. The number of hydrogen-bond donors (Lipinski definition) is 1. The van der Waals surface area contributed by atoms with Gasteiger partial charge in [0.2, 0.25) is 11.8 Å². The summed E-state index contributed by atoms with van der Waals surface area (Å²) in [6.45, 7) is 0.738. The Labute approximate surface area is 145 Å². The van der Waals surface area contributed by atoms with Crippen molar-refractivity contribution in [3.8, 4) is 0 Å². The molecule has 2 amide bonds. The average molecular weight is 334 g/mol. The van der Waals surface area contributed by atoms with E-state index in [1.807, 2.05) is 48.5 Å². The number of carbonyl (C=O) groups excluding carboxylic acids is 2. The molecule has 2 aromatic carbocycles. The molecule has 0 bridgehead atoms. The standard InChI is InChI=1S/C20H18N2O3/c23-19-11-15(20(24)21-12-16-7-4-10-25-16)13-22(19)18-9-3-6-14-5-1-2-8-17(14)18/h1-10,15H,11-13H2,(H,21,24)/t15-/m0/s1. The highest BCUT2D eigenvalue weighted by Crippen LogP contribution is 2.31. The fourth-order valence-electron chi connectivity index (χ4n) is 3.29. The van der Waals surface area contributed by atoms with Crippen LogP contribution in [0.25, 0.3) is 10.8 Å². The Morgan fingerprint density at radius 2 is 1.96 bits per heavy atom. The molecule has 0 spiro atoms. The van der Waals surface area contributed by atoms with E-state index >= 15 is 0 Å². The molecule has 1 saturated heterocycles. The SMILES string of the molecule is O=C(NCc1ccco1)[C@H]1CC(=O)N(c2cccc3ccccc23)C1. The van der Waals surface area contributed by atoms with Gasteiger partial charge in [0.15, 0.2) is 0 Å². The first-order valence-corrected chi connectivity index (χ1v) is 8.30. The van der Waals surface area contributed by atoms with Crippen molar-refractivity contribution < 1.29 is 14.0 Å². The van der Waals surface area contributed by atoms with Crippen LogP contribution in [0.2, 0.25) is 0 Å². The maximum Gasteiger partial charge on any atom is 0.227 e. The topological polar surface area (TPSA) is 62.6 Å². The van der Waals surface area contributed by atoms with Crippen molar-refractivity contribution in [3.05, 3.63) is 66.6 Å². The second kappa shape index (κ2) is 6.43. The van der Waals surface area contributed by atoms with Gasteiger partial charge in [-0.1, -0.05) is 36.4 Å². The van der Waals surface area contributed by atoms with Gasteiger partial charge in [-0.15, -0.1) is 0 Å². The van der Waals surface area contributed by atoms with Crippen LogP contribution in [0, 0.1) is 5.92 Å². The molecular formula is C20H18N2O3. The average Bonchev–Trinajstić information content (AvgIpc) is 3.29. The van der Waals surface area contributed by atoms with Crippen molar-refractivity contribution in [1.82, 2.24) is 5.32 Å². The van der Waals surface area contributed by atoms with Gasteiger partial charge in [0.25, 0.3) is 0 Å². The minimum Gasteiger partial charge on any atom is -0.467 e. The van der Waals surface area contributed by atoms with Crippen molar-refractivity contribution in [1.29, 1.82) is 0 Å². The molecule has 0 aliphatic carbocycles. The second-order valence-corrected chi connectivity index (χ2v) is 6.20. The number of hydrogen-bond acceptors (Lipinski definition) is 3. The van der Waals surface area contributed by atoms with Crippen LogP contribution < -0.4 is 10.2 Å². The first-order valence-electron chi connectivity index (χ1n) is 8.30. The molecule has 5 nitrogen and oxygen atoms in total. The largest absolute Gasteiger partial charge is 0.467 e. The van der Waals surface area contributed by atoms with Crippen molar-refractivity contribution in [2.24, 2.45) is 5.92 Å². The quantitative estimate of drug-likeness (QED) is 0.797. The highest BCUT2D eigenvalue weighted by Gasteiger charge is 2.35. The zero-order valence-corrected chi connectivity index (χ0v) is 13.6. The van der Waals surface area contributed by atoms with E-state index in [4.69, 9.17) is 4.42 Å². The summed E-state index contributed by atoms with van der Waals surface area (Å²) >= 11 is 0. The molecule has 0 unspecified atom stereocenters. The fourth-order valence-corrected chi connectivity index (χ4v) is 3.29. The maximum atomic E-state index is 12.5. The summed E-state index contributed by atoms with van der Waals surface area (Å²) in [4.78, 5) is 26.6. The molecule has 1 aliphatic heterocycles. The van der Waals surface area contributed by atoms with E-state index in [1.165, 1.54) is 0 Å². The van der Waals surface area contributed by atoms with Crippen LogP contribution in [0.1, 0.15) is 12.2 Å². The highest BCUT2D eigenvalue weighted by molar-refractivity contribution is 6.06. The number of rotatable bonds is 4. The molecule has 1 fully saturated rings. The fraction of sp³-hybridized carbons (Fsp3) is 0.200. The van der Waals surface area contributed by atoms with Crippen molar-refractivity contribution >= 4 is 28.3 Å². The normalized spacial score (nSPS) is 17.2. The first kappa shape index (κ1) is 15.4. The molecule has 4 rings (SSSR count). The summed E-state index contributed by atoms with van der Waals surface area (Å²) in [5, 5.41) is 4.95. The minimum atomic E-state index is -0.346. The maximum absolute atomic E-state index is 12.5. The van der Waals surface area contributed by atoms with Crippen LogP contribution in [-0.4, -0.2) is 18.4 Å². The molecule has 1 aliphatic rings. The van der Waals surface area contributed by atoms with Crippen molar-refractivity contribution in [3.63, 3.8) is 0 Å². The lowest BCUT2D eigenvalue weighted by Gasteiger charge is -2.19. The van der Waals surface area contributed by atoms with E-state index in [-0.39, 0.29) is 24.2 Å². The van der Waals surface area contributed by atoms with E-state index in [0.29, 0.717) is 18.8 Å². The zero-order valence-electron chi connectivity index (χ0n) is 13.6. The summed E-state index contributed by atoms with van der Waals surface area (Å²) in [6.07, 6.45) is 1.80. The molecule has 2 heterocycles. The van der Waals surface area contributed by atoms with Gasteiger partial charge in [-0.05, 0) is 23.6 Å². The number of nitrogens with one attached hydrogen (secondary N) is 1. The number of anilines is 1. The summed E-state index contributed by atoms with van der Waals surface area (Å²) < 4.78 is 5.21. The van der Waals surface area contributed by atoms with E-state index in [9.17, 15) is 9.59 Å². The minimum absolute atomic E-state index is 0.0190. The lowest BCUT2D eigenvalue weighted by molar-refractivity contribution is -0.126. The molecule has 0 saturated carbocycles. The Hall–Kier alpha value is -3.08. The number of carbonyl (C=O) groups is 2. The van der Waals surface area contributed by atoms with Gasteiger partial charge >= 0.3 is 0 Å². The molecule has 126 valence electrons. The van der Waals surface area contributed by atoms with E-state index in [0.717, 1.165) is 16.5 Å². The van der Waals surface area contributed by atoms with Crippen LogP contribution in [0.15, 0.2) is 65.3 Å². The van der Waals surface area contributed by atoms with Crippen LogP contribution >= 0.6 is 0 Å². The third kappa shape index (κ3) is 3.01. The molecule has 1 N–H and O–H groups in total. The van der Waals surface area contributed by atoms with Gasteiger partial charge in [-0.3, -0.25) is 9.59 Å². The lowest BCUT2D eigenvalue weighted by Crippen LogP contribution is -2.32. The second-order valence-electron chi connectivity index (χ2n) is 6.20. The van der Waals surface area contributed by atoms with Gasteiger partial charge in [-0.25, -0.2) is 0 Å². The number of nitrogens with zero attached hydrogens (tertiary/aromatic N) is 1. The van der Waals surface area contributed by atoms with Gasteiger partial charge in [0, 0.05) is 18.4 Å². The Kier molecular flexibility index (Phi) is 3.98. The zero-order chi connectivity index (χ0) is 17.2. The van der Waals surface area contributed by atoms with Crippen molar-refractivity contribution in [2.45, 2.75) is 13.0 Å². The predicted octanol–water partition coefficient (Wildman–Crippen LogP) is 3.10. The van der Waals surface area contributed by atoms with Gasteiger partial charge in [-0.2, -0.15) is 0 Å². The van der Waals surface area contributed by atoms with E-state index in [1.54, 1.807) is 17.2 Å². The van der Waals surface area contributed by atoms with Crippen molar-refractivity contribution in [2.75, 3.05) is 11.4 Å². The Bertz CT molecular complexity index is 912. The summed E-state index contributed by atoms with van der Waals surface area (Å²) in [5.74, 6) is 0.215. The van der Waals surface area contributed by atoms with Crippen LogP contribution in [0.3, 0.4) is 0 Å². The van der Waals surface area contributed by atoms with E-state index < -0.39 is 0 Å². The molecule has 5 heteroatoms. The van der Waals surface area contributed by atoms with Gasteiger partial charge in [0.05, 0.1) is 24.4 Å². The van der Waals surface area contributed by atoms with Crippen LogP contribution in [0.4, 0.5) is 5.69 Å². The first-order chi connectivity index (χ1) is 12.2. The van der Waals surface area contributed by atoms with Gasteiger partial charge in [0.1, 0.15) is 5.76 Å². The summed E-state index contributed by atoms with van der Waals surface area (Å²) in [6, 6.07) is 17.4. The Balaban J connectivity index is 1.51. The molecular weight excluding hydrogens is 316 g/mol. The number of benzene rings is 2. The van der Waals surface area contributed by atoms with Crippen LogP contribution in [0.5, 0.6) is 0 Å². The van der Waals surface area contributed by atoms with E-state index in [2.05, 4.69) is 5.32 Å². The Morgan fingerprint density at radius 1 is 1.12 bits per heavy atom. The number of furan rings is 1. The molecule has 25 heavy (non-hydrogen) atoms. The predicted molar refractivity (Wildman–Crippen MR) is 95.0 cm³/mol. The van der Waals surface area contributed by atoms with Crippen LogP contribution in [-0.2, 0) is 16.1 Å². The number of amides is 2. The highest BCUT2D eigenvalue weighted by atomic mass is 16.3. The monoisotopic (exact) mass is 334 g/mol. The smallest absolute Gasteiger partial charge is 0.227 e. The summed E-state index contributed by atoms with van der Waals surface area (Å²) in [5.41, 5.74) is 0.865. The third-order valence-electron chi connectivity index (χ3n) is 4.57.